The molecule has 1 aliphatic rings. The van der Waals surface area contributed by atoms with E-state index in [4.69, 9.17) is 25.4 Å². The second kappa shape index (κ2) is 3.39. The van der Waals surface area contributed by atoms with Crippen LogP contribution in [0.15, 0.2) is 24.3 Å². The van der Waals surface area contributed by atoms with E-state index >= 15 is 0 Å². The van der Waals surface area contributed by atoms with E-state index in [0.29, 0.717) is 6.61 Å². The van der Waals surface area contributed by atoms with Crippen molar-refractivity contribution in [3.8, 4) is 5.75 Å². The van der Waals surface area contributed by atoms with E-state index in [-0.39, 0.29) is 0 Å². The van der Waals surface area contributed by atoms with E-state index in [9.17, 15) is 0 Å². The Labute approximate surface area is 81.9 Å². The van der Waals surface area contributed by atoms with Crippen LogP contribution in [0.2, 0.25) is 0 Å². The standard InChI is InChI=1S/C8H9O3PS/c1-9-12(13)10-6-7-4-2-3-5-8(7)11-12/h2-5H,6H2,1H3/t12-/m1/s1. The van der Waals surface area contributed by atoms with Crippen LogP contribution in [-0.2, 0) is 27.5 Å². The van der Waals surface area contributed by atoms with Gasteiger partial charge in [0.2, 0.25) is 0 Å². The highest BCUT2D eigenvalue weighted by molar-refractivity contribution is 8.07. The van der Waals surface area contributed by atoms with Gasteiger partial charge < -0.3 is 9.05 Å². The molecule has 5 heteroatoms. The highest BCUT2D eigenvalue weighted by atomic mass is 32.5. The van der Waals surface area contributed by atoms with E-state index in [1.54, 1.807) is 0 Å². The van der Waals surface area contributed by atoms with Gasteiger partial charge in [0.15, 0.2) is 0 Å². The van der Waals surface area contributed by atoms with Crippen LogP contribution in [0.5, 0.6) is 5.75 Å². The van der Waals surface area contributed by atoms with Crippen LogP contribution in [0.1, 0.15) is 5.56 Å². The summed E-state index contributed by atoms with van der Waals surface area (Å²) in [5.74, 6) is 0.777. The quantitative estimate of drug-likeness (QED) is 0.674. The number of benzene rings is 1. The molecule has 0 bridgehead atoms. The van der Waals surface area contributed by atoms with Gasteiger partial charge in [0, 0.05) is 24.5 Å². The maximum atomic E-state index is 5.45. The Bertz CT molecular complexity index is 366. The molecule has 13 heavy (non-hydrogen) atoms. The molecule has 0 unspecified atom stereocenters. The van der Waals surface area contributed by atoms with Gasteiger partial charge in [-0.25, -0.2) is 0 Å². The molecule has 1 heterocycles. The zero-order valence-corrected chi connectivity index (χ0v) is 8.81. The van der Waals surface area contributed by atoms with Crippen molar-refractivity contribution < 1.29 is 13.6 Å². The second-order valence-electron chi connectivity index (χ2n) is 2.60. The van der Waals surface area contributed by atoms with E-state index < -0.39 is 6.72 Å². The Morgan fingerprint density at radius 1 is 1.46 bits per heavy atom. The molecule has 3 nitrogen and oxygen atoms in total. The van der Waals surface area contributed by atoms with Crippen LogP contribution in [0.4, 0.5) is 0 Å². The summed E-state index contributed by atoms with van der Waals surface area (Å²) < 4.78 is 15.8. The summed E-state index contributed by atoms with van der Waals surface area (Å²) in [6.45, 7) is -2.02. The Hall–Kier alpha value is -0.410. The van der Waals surface area contributed by atoms with Crippen molar-refractivity contribution in [1.29, 1.82) is 0 Å². The number of rotatable bonds is 1. The Morgan fingerprint density at radius 2 is 2.23 bits per heavy atom. The molecule has 0 aromatic heterocycles. The first-order chi connectivity index (χ1) is 6.23. The van der Waals surface area contributed by atoms with Crippen LogP contribution >= 0.6 is 6.72 Å². The van der Waals surface area contributed by atoms with Gasteiger partial charge in [-0.2, -0.15) is 0 Å². The van der Waals surface area contributed by atoms with Crippen molar-refractivity contribution in [2.45, 2.75) is 6.61 Å². The molecule has 0 amide bonds. The first-order valence-electron chi connectivity index (χ1n) is 3.81. The smallest absolute Gasteiger partial charge is 0.380 e. The van der Waals surface area contributed by atoms with Crippen molar-refractivity contribution in [1.82, 2.24) is 0 Å². The van der Waals surface area contributed by atoms with E-state index in [1.165, 1.54) is 7.11 Å². The molecule has 1 aromatic carbocycles. The molecule has 1 aliphatic heterocycles. The summed E-state index contributed by atoms with van der Waals surface area (Å²) in [4.78, 5) is 0. The minimum absolute atomic E-state index is 0.474. The summed E-state index contributed by atoms with van der Waals surface area (Å²) in [6.07, 6.45) is 0. The first-order valence-corrected chi connectivity index (χ1v) is 6.37. The van der Waals surface area contributed by atoms with Gasteiger partial charge in [0.05, 0.1) is 6.61 Å². The van der Waals surface area contributed by atoms with Gasteiger partial charge in [-0.1, -0.05) is 18.2 Å². The fourth-order valence-electron chi connectivity index (χ4n) is 1.10. The molecule has 2 rings (SSSR count). The summed E-state index contributed by atoms with van der Waals surface area (Å²) >= 11 is 5.08. The highest BCUT2D eigenvalue weighted by Crippen LogP contribution is 2.53. The van der Waals surface area contributed by atoms with Gasteiger partial charge in [0.1, 0.15) is 5.75 Å². The van der Waals surface area contributed by atoms with Crippen LogP contribution in [-0.4, -0.2) is 7.11 Å². The lowest BCUT2D eigenvalue weighted by Gasteiger charge is -2.26. The van der Waals surface area contributed by atoms with E-state index in [2.05, 4.69) is 0 Å². The van der Waals surface area contributed by atoms with Crippen LogP contribution in [0.3, 0.4) is 0 Å². The van der Waals surface area contributed by atoms with E-state index in [0.717, 1.165) is 11.3 Å². The summed E-state index contributed by atoms with van der Waals surface area (Å²) in [5.41, 5.74) is 1.01. The molecule has 0 saturated heterocycles. The summed E-state index contributed by atoms with van der Waals surface area (Å²) in [5, 5.41) is 0. The monoisotopic (exact) mass is 216 g/mol. The maximum absolute atomic E-state index is 5.45. The normalized spacial score (nSPS) is 26.2. The summed E-state index contributed by atoms with van der Waals surface area (Å²) in [7, 11) is 1.51. The number of hydrogen-bond acceptors (Lipinski definition) is 4. The van der Waals surface area contributed by atoms with Crippen molar-refractivity contribution >= 4 is 18.5 Å². The van der Waals surface area contributed by atoms with Crippen molar-refractivity contribution in [2.75, 3.05) is 7.11 Å². The minimum Gasteiger partial charge on any atom is -0.424 e. The van der Waals surface area contributed by atoms with Crippen molar-refractivity contribution in [3.05, 3.63) is 29.8 Å². The van der Waals surface area contributed by atoms with Crippen molar-refractivity contribution in [2.24, 2.45) is 0 Å². The Balaban J connectivity index is 2.35. The Morgan fingerprint density at radius 3 is 3.00 bits per heavy atom. The molecule has 0 saturated carbocycles. The Kier molecular flexibility index (Phi) is 2.39. The lowest BCUT2D eigenvalue weighted by molar-refractivity contribution is 0.203. The average Bonchev–Trinajstić information content (AvgIpc) is 2.18. The van der Waals surface area contributed by atoms with Gasteiger partial charge in [-0.05, 0) is 6.07 Å². The largest absolute Gasteiger partial charge is 0.424 e. The fraction of sp³-hybridized carbons (Fsp3) is 0.250. The van der Waals surface area contributed by atoms with Crippen LogP contribution < -0.4 is 4.52 Å². The van der Waals surface area contributed by atoms with Gasteiger partial charge in [-0.15, -0.1) is 0 Å². The SMILES string of the molecule is CO[P@@]1(=S)OCc2ccccc2O1. The molecule has 1 atom stereocenters. The third-order valence-corrected chi connectivity index (χ3v) is 4.08. The average molecular weight is 216 g/mol. The molecule has 0 N–H and O–H groups in total. The molecule has 0 aliphatic carbocycles. The second-order valence-corrected chi connectivity index (χ2v) is 5.64. The molecule has 0 fully saturated rings. The van der Waals surface area contributed by atoms with Crippen LogP contribution in [0.25, 0.3) is 0 Å². The maximum Gasteiger partial charge on any atom is 0.380 e. The number of para-hydroxylation sites is 1. The van der Waals surface area contributed by atoms with Crippen molar-refractivity contribution in [3.63, 3.8) is 0 Å². The third-order valence-electron chi connectivity index (χ3n) is 1.78. The zero-order chi connectivity index (χ0) is 9.31. The van der Waals surface area contributed by atoms with Gasteiger partial charge in [-0.3, -0.25) is 4.52 Å². The zero-order valence-electron chi connectivity index (χ0n) is 7.10. The lowest BCUT2D eigenvalue weighted by Crippen LogP contribution is -2.07. The predicted octanol–water partition coefficient (Wildman–Crippen LogP) is 2.47. The number of hydrogen-bond donors (Lipinski definition) is 0. The number of fused-ring (bicyclic) bond motifs is 1. The lowest BCUT2D eigenvalue weighted by atomic mass is 10.2. The predicted molar refractivity (Wildman–Crippen MR) is 53.2 cm³/mol. The van der Waals surface area contributed by atoms with Gasteiger partial charge in [0.25, 0.3) is 0 Å². The minimum atomic E-state index is -2.49. The third kappa shape index (κ3) is 1.76. The highest BCUT2D eigenvalue weighted by Gasteiger charge is 2.26. The molecule has 0 spiro atoms. The molecular weight excluding hydrogens is 207 g/mol. The molecule has 70 valence electrons. The van der Waals surface area contributed by atoms with Gasteiger partial charge >= 0.3 is 6.72 Å². The molecule has 0 radical (unpaired) electrons. The van der Waals surface area contributed by atoms with E-state index in [1.807, 2.05) is 24.3 Å². The van der Waals surface area contributed by atoms with Crippen LogP contribution in [0, 0.1) is 0 Å². The molecular formula is C8H9O3PS. The first kappa shape index (κ1) is 9.16. The molecule has 1 aromatic rings. The fourth-order valence-corrected chi connectivity index (χ4v) is 2.45. The topological polar surface area (TPSA) is 27.7 Å². The summed E-state index contributed by atoms with van der Waals surface area (Å²) in [6, 6.07) is 7.66.